The summed E-state index contributed by atoms with van der Waals surface area (Å²) in [6.07, 6.45) is 3.31. The molecule has 0 bridgehead atoms. The van der Waals surface area contributed by atoms with Crippen LogP contribution in [-0.2, 0) is 15.8 Å². The number of hydrogen-bond acceptors (Lipinski definition) is 4. The van der Waals surface area contributed by atoms with Crippen LogP contribution in [0.2, 0.25) is 0 Å². The van der Waals surface area contributed by atoms with Crippen LogP contribution >= 0.6 is 0 Å². The highest BCUT2D eigenvalue weighted by Gasteiger charge is 2.30. The van der Waals surface area contributed by atoms with Gasteiger partial charge in [0.05, 0.1) is 17.4 Å². The summed E-state index contributed by atoms with van der Waals surface area (Å²) in [4.78, 5) is 0. The fourth-order valence-electron chi connectivity index (χ4n) is 2.96. The molecule has 120 valence electrons. The summed E-state index contributed by atoms with van der Waals surface area (Å²) in [5.74, 6) is 0.221. The lowest BCUT2D eigenvalue weighted by molar-refractivity contribution is 0.159. The first-order valence-electron chi connectivity index (χ1n) is 7.52. The van der Waals surface area contributed by atoms with Gasteiger partial charge in [0.1, 0.15) is 0 Å². The van der Waals surface area contributed by atoms with Crippen LogP contribution < -0.4 is 0 Å². The molecule has 0 saturated heterocycles. The number of sulfonamides is 1. The molecule has 0 radical (unpaired) electrons. The molecule has 0 aliphatic heterocycles. The van der Waals surface area contributed by atoms with Gasteiger partial charge in [0.2, 0.25) is 10.0 Å². The molecule has 0 amide bonds. The van der Waals surface area contributed by atoms with Gasteiger partial charge in [0, 0.05) is 19.7 Å². The van der Waals surface area contributed by atoms with E-state index in [0.717, 1.165) is 25.7 Å². The monoisotopic (exact) mass is 322 g/mol. The Hall–Kier alpha value is -1.42. The van der Waals surface area contributed by atoms with Crippen LogP contribution in [0.5, 0.6) is 0 Å². The molecule has 0 unspecified atom stereocenters. The second kappa shape index (κ2) is 7.23. The summed E-state index contributed by atoms with van der Waals surface area (Å²) in [6, 6.07) is 8.75. The standard InChI is InChI=1S/C16H22N2O3S/c1-18(16-7-5-13(11-19)6-8-16)22(20,21)12-15-4-2-3-14(9-15)10-17/h2-4,9,13,16,19H,5-8,11-12H2,1H3. The van der Waals surface area contributed by atoms with Crippen LogP contribution in [0.25, 0.3) is 0 Å². The maximum absolute atomic E-state index is 12.5. The second-order valence-electron chi connectivity index (χ2n) is 5.94. The molecule has 1 saturated carbocycles. The summed E-state index contributed by atoms with van der Waals surface area (Å²) >= 11 is 0. The third-order valence-electron chi connectivity index (χ3n) is 4.43. The molecule has 22 heavy (non-hydrogen) atoms. The van der Waals surface area contributed by atoms with E-state index in [2.05, 4.69) is 0 Å². The van der Waals surface area contributed by atoms with Crippen LogP contribution in [0.15, 0.2) is 24.3 Å². The van der Waals surface area contributed by atoms with E-state index in [1.54, 1.807) is 31.3 Å². The predicted octanol–water partition coefficient (Wildman–Crippen LogP) is 1.87. The summed E-state index contributed by atoms with van der Waals surface area (Å²) in [6.45, 7) is 0.185. The van der Waals surface area contributed by atoms with E-state index in [4.69, 9.17) is 10.4 Å². The van der Waals surface area contributed by atoms with Crippen molar-refractivity contribution in [1.82, 2.24) is 4.31 Å². The number of aliphatic hydroxyl groups excluding tert-OH is 1. The highest BCUT2D eigenvalue weighted by Crippen LogP contribution is 2.28. The Morgan fingerprint density at radius 3 is 2.59 bits per heavy atom. The van der Waals surface area contributed by atoms with Crippen LogP contribution in [0, 0.1) is 17.2 Å². The van der Waals surface area contributed by atoms with E-state index in [1.165, 1.54) is 4.31 Å². The Morgan fingerprint density at radius 2 is 2.00 bits per heavy atom. The van der Waals surface area contributed by atoms with E-state index in [9.17, 15) is 8.42 Å². The molecule has 2 rings (SSSR count). The third-order valence-corrected chi connectivity index (χ3v) is 6.31. The fraction of sp³-hybridized carbons (Fsp3) is 0.562. The number of benzene rings is 1. The molecular formula is C16H22N2O3S. The van der Waals surface area contributed by atoms with Crippen molar-refractivity contribution in [2.75, 3.05) is 13.7 Å². The van der Waals surface area contributed by atoms with Crippen molar-refractivity contribution in [1.29, 1.82) is 5.26 Å². The normalized spacial score (nSPS) is 22.5. The van der Waals surface area contributed by atoms with Gasteiger partial charge < -0.3 is 5.11 Å². The number of nitriles is 1. The lowest BCUT2D eigenvalue weighted by Crippen LogP contribution is -2.40. The van der Waals surface area contributed by atoms with Crippen LogP contribution in [0.4, 0.5) is 0 Å². The van der Waals surface area contributed by atoms with Gasteiger partial charge in [0.15, 0.2) is 0 Å². The molecule has 1 fully saturated rings. The molecule has 1 N–H and O–H groups in total. The van der Waals surface area contributed by atoms with Gasteiger partial charge in [-0.05, 0) is 49.3 Å². The van der Waals surface area contributed by atoms with Crippen molar-refractivity contribution in [3.8, 4) is 6.07 Å². The van der Waals surface area contributed by atoms with Crippen molar-refractivity contribution >= 4 is 10.0 Å². The number of aliphatic hydroxyl groups is 1. The van der Waals surface area contributed by atoms with Crippen molar-refractivity contribution in [3.63, 3.8) is 0 Å². The Labute approximate surface area is 132 Å². The predicted molar refractivity (Wildman–Crippen MR) is 84.4 cm³/mol. The van der Waals surface area contributed by atoms with Gasteiger partial charge in [-0.2, -0.15) is 5.26 Å². The number of hydrogen-bond donors (Lipinski definition) is 1. The Bertz CT molecular complexity index is 644. The molecule has 1 aliphatic rings. The Balaban J connectivity index is 2.05. The van der Waals surface area contributed by atoms with Crippen molar-refractivity contribution in [2.24, 2.45) is 5.92 Å². The average molecular weight is 322 g/mol. The second-order valence-corrected chi connectivity index (χ2v) is 7.97. The summed E-state index contributed by atoms with van der Waals surface area (Å²) in [5.41, 5.74) is 1.11. The first-order chi connectivity index (χ1) is 10.5. The zero-order valence-corrected chi connectivity index (χ0v) is 13.6. The lowest BCUT2D eigenvalue weighted by atomic mass is 9.87. The third kappa shape index (κ3) is 4.07. The number of rotatable bonds is 5. The van der Waals surface area contributed by atoms with E-state index in [0.29, 0.717) is 17.0 Å². The average Bonchev–Trinajstić information content (AvgIpc) is 2.54. The van der Waals surface area contributed by atoms with Gasteiger partial charge in [-0.3, -0.25) is 0 Å². The minimum atomic E-state index is -3.40. The first-order valence-corrected chi connectivity index (χ1v) is 9.13. The summed E-state index contributed by atoms with van der Waals surface area (Å²) in [7, 11) is -1.77. The molecule has 1 aromatic carbocycles. The maximum Gasteiger partial charge on any atom is 0.218 e. The van der Waals surface area contributed by atoms with E-state index in [1.807, 2.05) is 6.07 Å². The molecule has 0 heterocycles. The zero-order valence-electron chi connectivity index (χ0n) is 12.8. The first kappa shape index (κ1) is 16.9. The Kier molecular flexibility index (Phi) is 5.57. The van der Waals surface area contributed by atoms with Gasteiger partial charge in [-0.25, -0.2) is 12.7 Å². The largest absolute Gasteiger partial charge is 0.396 e. The van der Waals surface area contributed by atoms with Crippen LogP contribution in [0.3, 0.4) is 0 Å². The fourth-order valence-corrected chi connectivity index (χ4v) is 4.43. The smallest absolute Gasteiger partial charge is 0.218 e. The molecule has 1 aliphatic carbocycles. The van der Waals surface area contributed by atoms with Crippen molar-refractivity contribution < 1.29 is 13.5 Å². The molecule has 1 aromatic rings. The van der Waals surface area contributed by atoms with Crippen LogP contribution in [0.1, 0.15) is 36.8 Å². The van der Waals surface area contributed by atoms with Gasteiger partial charge in [-0.15, -0.1) is 0 Å². The minimum absolute atomic E-state index is 0.00643. The summed E-state index contributed by atoms with van der Waals surface area (Å²) in [5, 5.41) is 18.1. The highest BCUT2D eigenvalue weighted by atomic mass is 32.2. The van der Waals surface area contributed by atoms with E-state index < -0.39 is 10.0 Å². The van der Waals surface area contributed by atoms with Crippen LogP contribution in [-0.4, -0.2) is 37.5 Å². The van der Waals surface area contributed by atoms with E-state index >= 15 is 0 Å². The molecule has 0 aromatic heterocycles. The SMILES string of the molecule is CN(C1CCC(CO)CC1)S(=O)(=O)Cc1cccc(C#N)c1. The molecule has 5 nitrogen and oxygen atoms in total. The van der Waals surface area contributed by atoms with Gasteiger partial charge >= 0.3 is 0 Å². The molecular weight excluding hydrogens is 300 g/mol. The minimum Gasteiger partial charge on any atom is -0.396 e. The van der Waals surface area contributed by atoms with E-state index in [-0.39, 0.29) is 18.4 Å². The lowest BCUT2D eigenvalue weighted by Gasteiger charge is -2.33. The topological polar surface area (TPSA) is 81.4 Å². The summed E-state index contributed by atoms with van der Waals surface area (Å²) < 4.78 is 26.6. The van der Waals surface area contributed by atoms with Gasteiger partial charge in [0.25, 0.3) is 0 Å². The quantitative estimate of drug-likeness (QED) is 0.897. The molecule has 6 heteroatoms. The van der Waals surface area contributed by atoms with Crippen molar-refractivity contribution in [3.05, 3.63) is 35.4 Å². The van der Waals surface area contributed by atoms with Crippen molar-refractivity contribution in [2.45, 2.75) is 37.5 Å². The molecule has 0 atom stereocenters. The number of nitrogens with zero attached hydrogens (tertiary/aromatic N) is 2. The van der Waals surface area contributed by atoms with Gasteiger partial charge in [-0.1, -0.05) is 12.1 Å². The maximum atomic E-state index is 12.5. The highest BCUT2D eigenvalue weighted by molar-refractivity contribution is 7.88. The Morgan fingerprint density at radius 1 is 1.32 bits per heavy atom. The zero-order chi connectivity index (χ0) is 16.2. The molecule has 0 spiro atoms.